The van der Waals surface area contributed by atoms with Crippen LogP contribution in [0.5, 0.6) is 0 Å². The molecule has 1 aromatic carbocycles. The minimum absolute atomic E-state index is 0.0115. The molecule has 4 heterocycles. The van der Waals surface area contributed by atoms with E-state index in [0.29, 0.717) is 82.0 Å². The quantitative estimate of drug-likeness (QED) is 0.348. The van der Waals surface area contributed by atoms with Gasteiger partial charge in [0.15, 0.2) is 0 Å². The SMILES string of the molecule is C/C(=C\c1cc(F)cc(N2CCN(C(=O)Cn3cccn3)CC2)c1)[C@H]1OC(=O)CC(O)CC[C@H](C)[C@@H](OC(=O)N2CCNCC2)/C=C/[C@@H]1C. The number of ether oxygens (including phenoxy) is 2. The zero-order chi connectivity index (χ0) is 34.9. The molecule has 5 rings (SSSR count). The Morgan fingerprint density at radius 2 is 1.82 bits per heavy atom. The Kier molecular flexibility index (Phi) is 12.5. The Hall–Kier alpha value is -4.23. The van der Waals surface area contributed by atoms with Gasteiger partial charge in [-0.15, -0.1) is 0 Å². The first kappa shape index (κ1) is 36.1. The van der Waals surface area contributed by atoms with Crippen LogP contribution >= 0.6 is 0 Å². The van der Waals surface area contributed by atoms with Crippen molar-refractivity contribution in [3.63, 3.8) is 0 Å². The van der Waals surface area contributed by atoms with Crippen LogP contribution in [0.2, 0.25) is 0 Å². The minimum Gasteiger partial charge on any atom is -0.457 e. The number of carbonyl (C=O) groups excluding carboxylic acids is 3. The molecule has 0 spiro atoms. The van der Waals surface area contributed by atoms with Crippen LogP contribution < -0.4 is 10.2 Å². The highest BCUT2D eigenvalue weighted by Gasteiger charge is 2.29. The first-order valence-corrected chi connectivity index (χ1v) is 17.3. The van der Waals surface area contributed by atoms with Gasteiger partial charge in [-0.3, -0.25) is 14.3 Å². The lowest BCUT2D eigenvalue weighted by Gasteiger charge is -2.36. The highest BCUT2D eigenvalue weighted by molar-refractivity contribution is 5.76. The molecule has 266 valence electrons. The zero-order valence-corrected chi connectivity index (χ0v) is 28.7. The molecule has 3 aliphatic heterocycles. The monoisotopic (exact) mass is 680 g/mol. The summed E-state index contributed by atoms with van der Waals surface area (Å²) in [5.74, 6) is -1.33. The van der Waals surface area contributed by atoms with E-state index < -0.39 is 30.1 Å². The Balaban J connectivity index is 1.30. The van der Waals surface area contributed by atoms with Gasteiger partial charge < -0.3 is 34.6 Å². The number of rotatable bonds is 6. The molecule has 13 heteroatoms. The number of anilines is 1. The van der Waals surface area contributed by atoms with Crippen LogP contribution in [0.3, 0.4) is 0 Å². The van der Waals surface area contributed by atoms with Crippen LogP contribution in [0.1, 0.15) is 45.6 Å². The van der Waals surface area contributed by atoms with Crippen LogP contribution in [0.25, 0.3) is 6.08 Å². The van der Waals surface area contributed by atoms with Gasteiger partial charge in [-0.1, -0.05) is 26.0 Å². The zero-order valence-electron chi connectivity index (χ0n) is 28.7. The fourth-order valence-corrected chi connectivity index (χ4v) is 6.54. The van der Waals surface area contributed by atoms with Gasteiger partial charge in [-0.2, -0.15) is 5.10 Å². The van der Waals surface area contributed by atoms with E-state index in [1.807, 2.05) is 45.1 Å². The van der Waals surface area contributed by atoms with Gasteiger partial charge in [0.1, 0.15) is 24.6 Å². The Labute approximate surface area is 287 Å². The van der Waals surface area contributed by atoms with Gasteiger partial charge in [0.2, 0.25) is 5.91 Å². The topological polar surface area (TPSA) is 129 Å². The van der Waals surface area contributed by atoms with Crippen molar-refractivity contribution in [1.82, 2.24) is 24.9 Å². The lowest BCUT2D eigenvalue weighted by Crippen LogP contribution is -2.49. The number of carbonyl (C=O) groups is 3. The number of aliphatic hydroxyl groups excluding tert-OH is 1. The van der Waals surface area contributed by atoms with Crippen molar-refractivity contribution in [3.8, 4) is 0 Å². The molecule has 2 aromatic rings. The second-order valence-electron chi connectivity index (χ2n) is 13.4. The standard InChI is InChI=1S/C36H49FN6O6/c1-25-5-7-31(44)23-34(46)49-35(26(2)6-8-32(25)48-36(47)42-13-10-38-11-14-42)27(3)19-28-20-29(37)22-30(21-28)40-15-17-41(18-16-40)33(45)24-43-12-4-9-39-43/h4,6,8-9,12,19-22,25-26,31-32,35,38,44H,5,7,10-11,13-18,23-24H2,1-3H3/b8-6+,27-19+/t25-,26-,31?,32-,35-/m0/s1. The van der Waals surface area contributed by atoms with E-state index in [9.17, 15) is 23.9 Å². The van der Waals surface area contributed by atoms with Crippen LogP contribution in [0.15, 0.2) is 54.4 Å². The van der Waals surface area contributed by atoms with Gasteiger partial charge in [-0.25, -0.2) is 9.18 Å². The Morgan fingerprint density at radius 3 is 2.53 bits per heavy atom. The molecular weight excluding hydrogens is 631 g/mol. The maximum absolute atomic E-state index is 15.0. The first-order valence-electron chi connectivity index (χ1n) is 17.3. The average Bonchev–Trinajstić information content (AvgIpc) is 3.60. The fourth-order valence-electron chi connectivity index (χ4n) is 6.54. The molecule has 12 nitrogen and oxygen atoms in total. The third-order valence-electron chi connectivity index (χ3n) is 9.47. The lowest BCUT2D eigenvalue weighted by molar-refractivity contribution is -0.151. The molecule has 0 bridgehead atoms. The molecule has 2 N–H and O–H groups in total. The molecule has 5 atom stereocenters. The summed E-state index contributed by atoms with van der Waals surface area (Å²) >= 11 is 0. The Bertz CT molecular complexity index is 1480. The van der Waals surface area contributed by atoms with E-state index in [4.69, 9.17) is 9.47 Å². The van der Waals surface area contributed by atoms with Gasteiger partial charge >= 0.3 is 12.1 Å². The number of nitrogens with one attached hydrogen (secondary N) is 1. The van der Waals surface area contributed by atoms with Gasteiger partial charge in [0, 0.05) is 76.4 Å². The molecule has 49 heavy (non-hydrogen) atoms. The molecular formula is C36H49FN6O6. The summed E-state index contributed by atoms with van der Waals surface area (Å²) in [5.41, 5.74) is 2.01. The molecule has 0 radical (unpaired) electrons. The van der Waals surface area contributed by atoms with E-state index in [0.717, 1.165) is 0 Å². The molecule has 2 amide bonds. The average molecular weight is 681 g/mol. The second-order valence-corrected chi connectivity index (χ2v) is 13.4. The molecule has 0 saturated carbocycles. The van der Waals surface area contributed by atoms with Crippen molar-refractivity contribution in [2.45, 2.75) is 64.9 Å². The molecule has 0 aliphatic carbocycles. The first-order chi connectivity index (χ1) is 23.5. The molecule has 1 unspecified atom stereocenters. The van der Waals surface area contributed by atoms with E-state index >= 15 is 0 Å². The normalized spacial score (nSPS) is 26.7. The largest absolute Gasteiger partial charge is 0.457 e. The number of nitrogens with zero attached hydrogens (tertiary/aromatic N) is 5. The van der Waals surface area contributed by atoms with Crippen molar-refractivity contribution >= 4 is 29.7 Å². The molecule has 3 aliphatic rings. The molecule has 1 aromatic heterocycles. The number of amides is 2. The number of piperazine rings is 2. The van der Waals surface area contributed by atoms with Crippen LogP contribution in [0, 0.1) is 17.7 Å². The van der Waals surface area contributed by atoms with Crippen LogP contribution in [-0.4, -0.2) is 113 Å². The van der Waals surface area contributed by atoms with E-state index in [2.05, 4.69) is 15.3 Å². The van der Waals surface area contributed by atoms with Crippen molar-refractivity contribution < 1.29 is 33.4 Å². The van der Waals surface area contributed by atoms with Gasteiger partial charge in [0.25, 0.3) is 0 Å². The second kappa shape index (κ2) is 16.9. The smallest absolute Gasteiger partial charge is 0.410 e. The van der Waals surface area contributed by atoms with Crippen LogP contribution in [-0.2, 0) is 25.6 Å². The third-order valence-corrected chi connectivity index (χ3v) is 9.47. The number of benzene rings is 1. The summed E-state index contributed by atoms with van der Waals surface area (Å²) < 4.78 is 28.5. The predicted molar refractivity (Wildman–Crippen MR) is 183 cm³/mol. The molecule has 2 fully saturated rings. The number of aliphatic hydroxyl groups is 1. The number of hydrogen-bond donors (Lipinski definition) is 2. The number of hydrogen-bond acceptors (Lipinski definition) is 9. The van der Waals surface area contributed by atoms with Crippen LogP contribution in [0.4, 0.5) is 14.9 Å². The third kappa shape index (κ3) is 10.1. The number of halogens is 1. The number of esters is 1. The number of cyclic esters (lactones) is 1. The minimum atomic E-state index is -0.893. The van der Waals surface area contributed by atoms with Crippen molar-refractivity contribution in [2.24, 2.45) is 11.8 Å². The Morgan fingerprint density at radius 1 is 1.06 bits per heavy atom. The summed E-state index contributed by atoms with van der Waals surface area (Å²) in [6.45, 7) is 10.6. The number of aromatic nitrogens is 2. The maximum Gasteiger partial charge on any atom is 0.410 e. The van der Waals surface area contributed by atoms with Gasteiger partial charge in [-0.05, 0) is 67.2 Å². The lowest BCUT2D eigenvalue weighted by atomic mass is 9.91. The van der Waals surface area contributed by atoms with E-state index in [1.165, 1.54) is 12.1 Å². The van der Waals surface area contributed by atoms with Crippen molar-refractivity contribution in [2.75, 3.05) is 57.3 Å². The highest BCUT2D eigenvalue weighted by atomic mass is 19.1. The molecule has 2 saturated heterocycles. The van der Waals surface area contributed by atoms with Crippen molar-refractivity contribution in [3.05, 3.63) is 65.8 Å². The van der Waals surface area contributed by atoms with E-state index in [1.54, 1.807) is 32.9 Å². The van der Waals surface area contributed by atoms with E-state index in [-0.39, 0.29) is 36.8 Å². The summed E-state index contributed by atoms with van der Waals surface area (Å²) in [7, 11) is 0. The highest BCUT2D eigenvalue weighted by Crippen LogP contribution is 2.27. The van der Waals surface area contributed by atoms with Crippen molar-refractivity contribution in [1.29, 1.82) is 0 Å². The fraction of sp³-hybridized carbons (Fsp3) is 0.556. The van der Waals surface area contributed by atoms with Gasteiger partial charge in [0.05, 0.1) is 12.5 Å². The maximum atomic E-state index is 15.0. The summed E-state index contributed by atoms with van der Waals surface area (Å²) in [4.78, 5) is 44.2. The summed E-state index contributed by atoms with van der Waals surface area (Å²) in [6, 6.07) is 6.59. The predicted octanol–water partition coefficient (Wildman–Crippen LogP) is 3.47. The summed E-state index contributed by atoms with van der Waals surface area (Å²) in [6.07, 6.45) is 7.25. The summed E-state index contributed by atoms with van der Waals surface area (Å²) in [5, 5.41) is 18.0.